The van der Waals surface area contributed by atoms with E-state index >= 15 is 0 Å². The largest absolute Gasteiger partial charge is 0.478 e. The molecule has 2 aromatic heterocycles. The van der Waals surface area contributed by atoms with E-state index in [4.69, 9.17) is 25.9 Å². The number of hydrogen-bond donors (Lipinski definition) is 8. The van der Waals surface area contributed by atoms with E-state index in [0.29, 0.717) is 31.4 Å². The number of anilines is 9. The summed E-state index contributed by atoms with van der Waals surface area (Å²) in [5, 5.41) is 29.8. The average Bonchev–Trinajstić information content (AvgIpc) is 1.60. The molecule has 9 N–H and O–H groups in total. The third kappa shape index (κ3) is 21.6. The predicted octanol–water partition coefficient (Wildman–Crippen LogP) is 24.6. The van der Waals surface area contributed by atoms with Crippen LogP contribution in [-0.2, 0) is 4.57 Å². The molecule has 24 heteroatoms. The second-order valence-electron chi connectivity index (χ2n) is 23.4. The van der Waals surface area contributed by atoms with Gasteiger partial charge < -0.3 is 42.5 Å². The molecule has 15 rings (SSSR count). The van der Waals surface area contributed by atoms with E-state index < -0.39 is 17.1 Å². The van der Waals surface area contributed by atoms with E-state index in [-0.39, 0.29) is 22.9 Å². The van der Waals surface area contributed by atoms with Gasteiger partial charge in [0.1, 0.15) is 11.6 Å². The highest BCUT2D eigenvalue weighted by atomic mass is 79.9. The van der Waals surface area contributed by atoms with E-state index in [0.717, 1.165) is 107 Å². The second kappa shape index (κ2) is 37.1. The van der Waals surface area contributed by atoms with Gasteiger partial charge in [-0.05, 0) is 210 Å². The summed E-state index contributed by atoms with van der Waals surface area (Å²) in [5.41, 5.74) is 21.9. The Bertz CT molecular complexity index is 5420. The highest BCUT2D eigenvalue weighted by Gasteiger charge is 2.21. The first kappa shape index (κ1) is 77.5. The van der Waals surface area contributed by atoms with E-state index in [1.165, 1.54) is 12.1 Å². The molecule has 15 aromatic rings. The van der Waals surface area contributed by atoms with Crippen LogP contribution in [0.15, 0.2) is 341 Å². The maximum absolute atomic E-state index is 13.3. The van der Waals surface area contributed by atoms with Crippen molar-refractivity contribution in [3.8, 4) is 34.2 Å². The summed E-state index contributed by atoms with van der Waals surface area (Å²) in [6.45, 7) is 0. The van der Waals surface area contributed by atoms with Crippen LogP contribution in [-0.4, -0.2) is 53.1 Å². The number of imidazole rings is 2. The molecule has 0 saturated carbocycles. The number of para-hydroxylation sites is 15. The number of nitrogens with two attached hydrogens (primary N) is 1. The third-order valence-electron chi connectivity index (χ3n) is 15.8. The average molecular weight is 1700 g/mol. The Morgan fingerprint density at radius 3 is 1.01 bits per heavy atom. The number of carboxylic acids is 2. The molecule has 2 amide bonds. The standard InChI is InChI=1S/C32H25BrN4O2.C32H21BrN4.C12H12N2.C8H5BrO4.Cl3OP/c33-24-20-22(31(38)36-29-17-9-7-15-27(29)34-25-11-3-1-4-12-25)19-23(21-24)32(39)37-30-18-10-8-16-28(30)35-26-13-5-2-6-14-26;33-24-20-22(31-34-27-15-7-9-17-29(27)36(31)25-11-3-1-4-12-25)19-23(21-24)32-35-28-16-8-10-18-30(28)37(32)26-13-5-2-6-14-26;13-11-8-4-5-9-12(11)14-10-6-2-1-3-7-10;9-6-2-4(7(10)11)1-5(3-6)8(12)13;1-5(2,3)4/h1-21,34-35H,(H,36,38)(H,37,39);1-21H;1-9,14H,13H2;1-3H,(H,10,11)(H,12,13);. The molecule has 0 spiro atoms. The molecule has 538 valence electrons. The van der Waals surface area contributed by atoms with Crippen LogP contribution >= 0.6 is 86.7 Å². The molecule has 0 saturated heterocycles. The smallest absolute Gasteiger partial charge is 0.339 e. The minimum Gasteiger partial charge on any atom is -0.478 e. The number of carbonyl (C=O) groups is 4. The summed E-state index contributed by atoms with van der Waals surface area (Å²) in [6.07, 6.45) is 0. The number of nitrogens with zero attached hydrogens (tertiary/aromatic N) is 4. The Hall–Kier alpha value is -11.6. The maximum Gasteiger partial charge on any atom is 0.339 e. The summed E-state index contributed by atoms with van der Waals surface area (Å²) in [4.78, 5) is 57.7. The predicted molar refractivity (Wildman–Crippen MR) is 450 cm³/mol. The number of amides is 2. The van der Waals surface area contributed by atoms with Crippen LogP contribution < -0.4 is 32.3 Å². The summed E-state index contributed by atoms with van der Waals surface area (Å²) in [6, 6.07) is 105. The molecule has 2 heterocycles. The normalized spacial score (nSPS) is 10.6. The Balaban J connectivity index is 0.000000154. The van der Waals surface area contributed by atoms with Gasteiger partial charge in [-0.3, -0.25) is 23.3 Å². The van der Waals surface area contributed by atoms with Crippen molar-refractivity contribution in [2.45, 2.75) is 0 Å². The van der Waals surface area contributed by atoms with Crippen molar-refractivity contribution in [1.82, 2.24) is 19.1 Å². The first-order chi connectivity index (χ1) is 52.2. The number of fused-ring (bicyclic) bond motifs is 2. The van der Waals surface area contributed by atoms with Crippen molar-refractivity contribution in [3.63, 3.8) is 0 Å². The lowest BCUT2D eigenvalue weighted by Crippen LogP contribution is -2.17. The van der Waals surface area contributed by atoms with Gasteiger partial charge in [-0.2, -0.15) is 0 Å². The van der Waals surface area contributed by atoms with Gasteiger partial charge in [0.25, 0.3) is 11.8 Å². The molecule has 0 atom stereocenters. The van der Waals surface area contributed by atoms with Crippen LogP contribution in [0.3, 0.4) is 0 Å². The van der Waals surface area contributed by atoms with Crippen LogP contribution in [0.5, 0.6) is 0 Å². The fraction of sp³-hybridized carbons (Fsp3) is 0. The van der Waals surface area contributed by atoms with Gasteiger partial charge in [-0.25, -0.2) is 19.6 Å². The molecule has 17 nitrogen and oxygen atoms in total. The van der Waals surface area contributed by atoms with Gasteiger partial charge in [-0.15, -0.1) is 0 Å². The van der Waals surface area contributed by atoms with Gasteiger partial charge in [0.2, 0.25) is 0 Å². The summed E-state index contributed by atoms with van der Waals surface area (Å²) in [5.74, 6) is -1.19. The molecule has 0 aliphatic carbocycles. The zero-order valence-electron chi connectivity index (χ0n) is 56.7. The number of nitrogen functional groups attached to an aromatic ring is 1. The van der Waals surface area contributed by atoms with Crippen molar-refractivity contribution >= 4 is 184 Å². The Labute approximate surface area is 661 Å². The number of aromatic carboxylic acids is 2. The summed E-state index contributed by atoms with van der Waals surface area (Å²) in [7, 11) is 0. The summed E-state index contributed by atoms with van der Waals surface area (Å²) >= 11 is 24.1. The Morgan fingerprint density at radius 1 is 0.352 bits per heavy atom. The molecule has 0 fully saturated rings. The van der Waals surface area contributed by atoms with E-state index in [9.17, 15) is 23.7 Å². The minimum absolute atomic E-state index is 0.0493. The van der Waals surface area contributed by atoms with Gasteiger partial charge in [0.05, 0.1) is 67.3 Å². The number of halogens is 6. The second-order valence-corrected chi connectivity index (χ2v) is 32.8. The van der Waals surface area contributed by atoms with Crippen molar-refractivity contribution < 1.29 is 34.0 Å². The molecule has 0 aliphatic rings. The molecule has 0 aliphatic heterocycles. The van der Waals surface area contributed by atoms with E-state index in [1.807, 2.05) is 188 Å². The molecular formula is C84H63Br3Cl3N10O7P. The lowest BCUT2D eigenvalue weighted by molar-refractivity contribution is 0.0696. The number of hydrogen-bond acceptors (Lipinski definition) is 11. The van der Waals surface area contributed by atoms with Gasteiger partial charge in [0, 0.05) is 64.1 Å². The number of rotatable bonds is 16. The number of carbonyl (C=O) groups excluding carboxylic acids is 2. The van der Waals surface area contributed by atoms with Gasteiger partial charge >= 0.3 is 17.1 Å². The fourth-order valence-corrected chi connectivity index (χ4v) is 12.6. The summed E-state index contributed by atoms with van der Waals surface area (Å²) < 4.78 is 16.0. The van der Waals surface area contributed by atoms with E-state index in [1.54, 1.807) is 18.2 Å². The van der Waals surface area contributed by atoms with Crippen molar-refractivity contribution in [2.75, 3.05) is 32.3 Å². The maximum atomic E-state index is 13.3. The Kier molecular flexibility index (Phi) is 26.6. The van der Waals surface area contributed by atoms with Crippen LogP contribution in [0, 0.1) is 0 Å². The van der Waals surface area contributed by atoms with Gasteiger partial charge in [-0.1, -0.05) is 199 Å². The van der Waals surface area contributed by atoms with Crippen molar-refractivity contribution in [1.29, 1.82) is 0 Å². The fourth-order valence-electron chi connectivity index (χ4n) is 11.1. The number of benzene rings is 13. The zero-order valence-corrected chi connectivity index (χ0v) is 64.6. The van der Waals surface area contributed by atoms with Crippen LogP contribution in [0.25, 0.3) is 56.2 Å². The lowest BCUT2D eigenvalue weighted by atomic mass is 10.1. The SMILES string of the molecule is Brc1cc(-c2nc3ccccc3n2-c2ccccc2)cc(-c2nc3ccccc3n2-c2ccccc2)c1.Nc1ccccc1Nc1ccccc1.O=C(Nc1ccccc1Nc1ccccc1)c1cc(Br)cc(C(=O)Nc2ccccc2Nc2ccccc2)c1.O=C(O)c1cc(Br)cc(C(=O)O)c1.O=P(Cl)(Cl)Cl. The third-order valence-corrected chi connectivity index (χ3v) is 17.2. The van der Waals surface area contributed by atoms with Crippen molar-refractivity contribution in [2.24, 2.45) is 0 Å². The Morgan fingerprint density at radius 2 is 0.639 bits per heavy atom. The van der Waals surface area contributed by atoms with E-state index in [2.05, 4.69) is 220 Å². The van der Waals surface area contributed by atoms with Crippen LogP contribution in [0.4, 0.5) is 51.2 Å². The van der Waals surface area contributed by atoms with Crippen molar-refractivity contribution in [3.05, 3.63) is 363 Å². The first-order valence-corrected chi connectivity index (χ1v) is 39.7. The number of aromatic nitrogens is 4. The minimum atomic E-state index is -3.22. The molecule has 0 unspecified atom stereocenters. The highest BCUT2D eigenvalue weighted by Crippen LogP contribution is 2.61. The molecule has 0 bridgehead atoms. The molecule has 108 heavy (non-hydrogen) atoms. The zero-order chi connectivity index (χ0) is 76.1. The first-order valence-electron chi connectivity index (χ1n) is 32.9. The lowest BCUT2D eigenvalue weighted by Gasteiger charge is -2.15. The number of nitrogens with one attached hydrogen (secondary N) is 5. The van der Waals surface area contributed by atoms with Gasteiger partial charge in [0.15, 0.2) is 0 Å². The van der Waals surface area contributed by atoms with Crippen LogP contribution in [0.1, 0.15) is 41.4 Å². The molecule has 13 aromatic carbocycles. The molecular weight excluding hydrogens is 1640 g/mol. The number of carboxylic acid groups (broad SMARTS) is 2. The molecule has 0 radical (unpaired) electrons. The van der Waals surface area contributed by atoms with Crippen LogP contribution in [0.2, 0.25) is 0 Å². The quantitative estimate of drug-likeness (QED) is 0.0332. The topological polar surface area (TPSA) is 248 Å². The highest BCUT2D eigenvalue weighted by molar-refractivity contribution is 9.11. The monoisotopic (exact) mass is 1700 g/mol.